The molecule has 1 unspecified atom stereocenters. The lowest BCUT2D eigenvalue weighted by atomic mass is 10.2. The highest BCUT2D eigenvalue weighted by Gasteiger charge is 2.18. The maximum absolute atomic E-state index is 5.89. The fourth-order valence-electron chi connectivity index (χ4n) is 1.65. The van der Waals surface area contributed by atoms with Crippen LogP contribution in [0.5, 0.6) is 0 Å². The standard InChI is InChI=1S/C11H19ClN4O2/c1-8(7-18-3)16(4-5-17-2)10-9(13)6-14-11(12)15-10/h6,8H,4-5,7,13H2,1-3H3. The molecule has 7 heteroatoms. The summed E-state index contributed by atoms with van der Waals surface area (Å²) in [4.78, 5) is 10.0. The molecule has 0 spiro atoms. The molecule has 0 radical (unpaired) electrons. The minimum Gasteiger partial charge on any atom is -0.394 e. The van der Waals surface area contributed by atoms with Crippen molar-refractivity contribution in [2.45, 2.75) is 13.0 Å². The molecule has 0 fully saturated rings. The molecule has 0 aliphatic carbocycles. The zero-order valence-electron chi connectivity index (χ0n) is 10.9. The Balaban J connectivity index is 2.96. The molecular formula is C11H19ClN4O2. The van der Waals surface area contributed by atoms with Crippen molar-refractivity contribution in [2.24, 2.45) is 0 Å². The molecule has 1 rings (SSSR count). The maximum Gasteiger partial charge on any atom is 0.224 e. The van der Waals surface area contributed by atoms with Gasteiger partial charge < -0.3 is 20.1 Å². The van der Waals surface area contributed by atoms with E-state index in [4.69, 9.17) is 26.8 Å². The lowest BCUT2D eigenvalue weighted by molar-refractivity contribution is 0.170. The smallest absolute Gasteiger partial charge is 0.224 e. The molecule has 1 aromatic rings. The molecule has 1 atom stereocenters. The number of anilines is 2. The van der Waals surface area contributed by atoms with Gasteiger partial charge in [0.25, 0.3) is 0 Å². The number of rotatable bonds is 7. The van der Waals surface area contributed by atoms with Gasteiger partial charge in [-0.2, -0.15) is 4.98 Å². The number of hydrogen-bond donors (Lipinski definition) is 1. The first-order valence-electron chi connectivity index (χ1n) is 5.62. The van der Waals surface area contributed by atoms with Gasteiger partial charge in [0.05, 0.1) is 31.1 Å². The molecule has 0 amide bonds. The van der Waals surface area contributed by atoms with Crippen LogP contribution in [0, 0.1) is 0 Å². The van der Waals surface area contributed by atoms with Crippen molar-refractivity contribution >= 4 is 23.1 Å². The van der Waals surface area contributed by atoms with Gasteiger partial charge in [0.1, 0.15) is 0 Å². The third-order valence-corrected chi connectivity index (χ3v) is 2.70. The highest BCUT2D eigenvalue weighted by molar-refractivity contribution is 6.28. The second-order valence-corrected chi connectivity index (χ2v) is 4.25. The van der Waals surface area contributed by atoms with Crippen molar-refractivity contribution in [2.75, 3.05) is 44.6 Å². The molecule has 0 aliphatic rings. The Bertz CT molecular complexity index is 378. The average molecular weight is 275 g/mol. The number of nitrogens with zero attached hydrogens (tertiary/aromatic N) is 3. The molecule has 2 N–H and O–H groups in total. The van der Waals surface area contributed by atoms with Gasteiger partial charge in [-0.05, 0) is 18.5 Å². The van der Waals surface area contributed by atoms with E-state index in [0.717, 1.165) is 0 Å². The lowest BCUT2D eigenvalue weighted by Gasteiger charge is -2.30. The summed E-state index contributed by atoms with van der Waals surface area (Å²) in [6.07, 6.45) is 1.50. The number of aromatic nitrogens is 2. The van der Waals surface area contributed by atoms with Crippen LogP contribution in [-0.2, 0) is 9.47 Å². The van der Waals surface area contributed by atoms with Gasteiger partial charge >= 0.3 is 0 Å². The fraction of sp³-hybridized carbons (Fsp3) is 0.636. The largest absolute Gasteiger partial charge is 0.394 e. The van der Waals surface area contributed by atoms with E-state index >= 15 is 0 Å². The highest BCUT2D eigenvalue weighted by Crippen LogP contribution is 2.23. The Kier molecular flexibility index (Phi) is 6.11. The third-order valence-electron chi connectivity index (χ3n) is 2.51. The highest BCUT2D eigenvalue weighted by atomic mass is 35.5. The summed E-state index contributed by atoms with van der Waals surface area (Å²) in [5.41, 5.74) is 6.37. The number of halogens is 1. The molecule has 1 aromatic heterocycles. The molecule has 0 saturated carbocycles. The van der Waals surface area contributed by atoms with Gasteiger partial charge in [0.2, 0.25) is 5.28 Å². The van der Waals surface area contributed by atoms with E-state index in [1.54, 1.807) is 14.2 Å². The predicted molar refractivity (Wildman–Crippen MR) is 72.0 cm³/mol. The monoisotopic (exact) mass is 274 g/mol. The van der Waals surface area contributed by atoms with E-state index in [2.05, 4.69) is 9.97 Å². The normalized spacial score (nSPS) is 12.4. The van der Waals surface area contributed by atoms with Crippen LogP contribution >= 0.6 is 11.6 Å². The van der Waals surface area contributed by atoms with Crippen molar-refractivity contribution in [1.82, 2.24) is 9.97 Å². The van der Waals surface area contributed by atoms with Crippen LogP contribution < -0.4 is 10.6 Å². The molecule has 102 valence electrons. The van der Waals surface area contributed by atoms with Crippen molar-refractivity contribution in [3.8, 4) is 0 Å². The van der Waals surface area contributed by atoms with Crippen LogP contribution in [-0.4, -0.2) is 50.0 Å². The van der Waals surface area contributed by atoms with Crippen molar-refractivity contribution in [1.29, 1.82) is 0 Å². The summed E-state index contributed by atoms with van der Waals surface area (Å²) in [7, 11) is 3.30. The minimum absolute atomic E-state index is 0.110. The first kappa shape index (κ1) is 14.9. The van der Waals surface area contributed by atoms with Gasteiger partial charge in [-0.25, -0.2) is 4.98 Å². The summed E-state index contributed by atoms with van der Waals surface area (Å²) in [5, 5.41) is 0.172. The zero-order chi connectivity index (χ0) is 13.5. The van der Waals surface area contributed by atoms with Gasteiger partial charge in [0.15, 0.2) is 5.82 Å². The number of hydrogen-bond acceptors (Lipinski definition) is 6. The lowest BCUT2D eigenvalue weighted by Crippen LogP contribution is -2.39. The molecule has 6 nitrogen and oxygen atoms in total. The van der Waals surface area contributed by atoms with Gasteiger partial charge in [-0.1, -0.05) is 0 Å². The van der Waals surface area contributed by atoms with Crippen LogP contribution in [0.1, 0.15) is 6.92 Å². The number of ether oxygens (including phenoxy) is 2. The first-order valence-corrected chi connectivity index (χ1v) is 6.00. The van der Waals surface area contributed by atoms with E-state index in [0.29, 0.717) is 31.3 Å². The third kappa shape index (κ3) is 3.97. The number of nitrogens with two attached hydrogens (primary N) is 1. The van der Waals surface area contributed by atoms with Crippen molar-refractivity contribution < 1.29 is 9.47 Å². The predicted octanol–water partition coefficient (Wildman–Crippen LogP) is 1.20. The molecule has 0 bridgehead atoms. The Morgan fingerprint density at radius 1 is 1.44 bits per heavy atom. The number of nitrogen functional groups attached to an aromatic ring is 1. The second kappa shape index (κ2) is 7.35. The summed E-state index contributed by atoms with van der Waals surface area (Å²) in [6, 6.07) is 0.110. The SMILES string of the molecule is COCCN(c1nc(Cl)ncc1N)C(C)COC. The molecule has 0 aliphatic heterocycles. The van der Waals surface area contributed by atoms with Crippen LogP contribution in [0.25, 0.3) is 0 Å². The van der Waals surface area contributed by atoms with Crippen LogP contribution in [0.15, 0.2) is 6.20 Å². The van der Waals surface area contributed by atoms with Crippen molar-refractivity contribution in [3.63, 3.8) is 0 Å². The minimum atomic E-state index is 0.110. The summed E-state index contributed by atoms with van der Waals surface area (Å²) >= 11 is 5.81. The topological polar surface area (TPSA) is 73.5 Å². The van der Waals surface area contributed by atoms with Gasteiger partial charge in [-0.3, -0.25) is 0 Å². The van der Waals surface area contributed by atoms with E-state index in [1.165, 1.54) is 6.20 Å². The molecular weight excluding hydrogens is 256 g/mol. The fourth-order valence-corrected chi connectivity index (χ4v) is 1.78. The quantitative estimate of drug-likeness (QED) is 0.753. The summed E-state index contributed by atoms with van der Waals surface area (Å²) in [5.74, 6) is 0.608. The van der Waals surface area contributed by atoms with E-state index in [1.807, 2.05) is 11.8 Å². The Labute approximate surface area is 112 Å². The molecule has 1 heterocycles. The summed E-state index contributed by atoms with van der Waals surface area (Å²) in [6.45, 7) is 3.80. The molecule has 0 saturated heterocycles. The first-order chi connectivity index (χ1) is 8.60. The summed E-state index contributed by atoms with van der Waals surface area (Å²) < 4.78 is 10.2. The Morgan fingerprint density at radius 3 is 2.78 bits per heavy atom. The number of methoxy groups -OCH3 is 2. The van der Waals surface area contributed by atoms with Gasteiger partial charge in [0, 0.05) is 20.8 Å². The van der Waals surface area contributed by atoms with Crippen LogP contribution in [0.4, 0.5) is 11.5 Å². The van der Waals surface area contributed by atoms with Crippen molar-refractivity contribution in [3.05, 3.63) is 11.5 Å². The van der Waals surface area contributed by atoms with E-state index in [9.17, 15) is 0 Å². The van der Waals surface area contributed by atoms with E-state index in [-0.39, 0.29) is 11.3 Å². The average Bonchev–Trinajstić information content (AvgIpc) is 2.34. The van der Waals surface area contributed by atoms with E-state index < -0.39 is 0 Å². The maximum atomic E-state index is 5.89. The Morgan fingerprint density at radius 2 is 2.17 bits per heavy atom. The molecule has 18 heavy (non-hydrogen) atoms. The van der Waals surface area contributed by atoms with Gasteiger partial charge in [-0.15, -0.1) is 0 Å². The van der Waals surface area contributed by atoms with Crippen LogP contribution in [0.3, 0.4) is 0 Å². The Hall–Kier alpha value is -1.11. The zero-order valence-corrected chi connectivity index (χ0v) is 11.6. The second-order valence-electron chi connectivity index (χ2n) is 3.91. The van der Waals surface area contributed by atoms with Crippen LogP contribution in [0.2, 0.25) is 5.28 Å². The molecule has 0 aromatic carbocycles.